The van der Waals surface area contributed by atoms with Crippen molar-refractivity contribution in [1.29, 1.82) is 0 Å². The maximum atomic E-state index is 12.3. The second-order valence-corrected chi connectivity index (χ2v) is 6.89. The fourth-order valence-electron chi connectivity index (χ4n) is 3.29. The van der Waals surface area contributed by atoms with E-state index in [4.69, 9.17) is 0 Å². The van der Waals surface area contributed by atoms with Crippen LogP contribution in [0.2, 0.25) is 0 Å². The lowest BCUT2D eigenvalue weighted by Gasteiger charge is -2.40. The van der Waals surface area contributed by atoms with Gasteiger partial charge in [0.25, 0.3) is 0 Å². The molecule has 3 rings (SSSR count). The number of aryl methyl sites for hydroxylation is 1. The Bertz CT molecular complexity index is 689. The molecule has 2 N–H and O–H groups in total. The van der Waals surface area contributed by atoms with E-state index in [1.165, 1.54) is 0 Å². The summed E-state index contributed by atoms with van der Waals surface area (Å²) in [4.78, 5) is 36.3. The summed E-state index contributed by atoms with van der Waals surface area (Å²) in [5.74, 6) is 1.49. The van der Waals surface area contributed by atoms with Gasteiger partial charge in [-0.1, -0.05) is 13.8 Å². The number of carbonyl (C=O) groups excluding carboxylic acids is 2. The van der Waals surface area contributed by atoms with Crippen molar-refractivity contribution in [2.45, 2.75) is 32.9 Å². The van der Waals surface area contributed by atoms with Gasteiger partial charge in [0.05, 0.1) is 11.7 Å². The van der Waals surface area contributed by atoms with Gasteiger partial charge in [0.1, 0.15) is 11.7 Å². The summed E-state index contributed by atoms with van der Waals surface area (Å²) in [6, 6.07) is -0.0905. The number of fused-ring (bicyclic) bond motifs is 1. The predicted molar refractivity (Wildman–Crippen MR) is 95.4 cm³/mol. The second kappa shape index (κ2) is 5.96. The minimum atomic E-state index is -0.253. The molecule has 0 radical (unpaired) electrons. The van der Waals surface area contributed by atoms with Crippen LogP contribution in [-0.2, 0) is 4.79 Å². The molecule has 2 aliphatic heterocycles. The molecule has 0 aliphatic carbocycles. The lowest BCUT2D eigenvalue weighted by atomic mass is 9.99. The quantitative estimate of drug-likeness (QED) is 0.761. The summed E-state index contributed by atoms with van der Waals surface area (Å²) in [7, 11) is 3.46. The van der Waals surface area contributed by atoms with Gasteiger partial charge in [0.15, 0.2) is 11.6 Å². The molecule has 1 saturated heterocycles. The van der Waals surface area contributed by atoms with Crippen LogP contribution >= 0.6 is 0 Å². The van der Waals surface area contributed by atoms with Crippen molar-refractivity contribution < 1.29 is 9.59 Å². The Morgan fingerprint density at radius 1 is 1.38 bits per heavy atom. The van der Waals surface area contributed by atoms with E-state index in [1.807, 2.05) is 32.7 Å². The molecule has 0 bridgehead atoms. The highest BCUT2D eigenvalue weighted by molar-refractivity contribution is 6.57. The van der Waals surface area contributed by atoms with Crippen molar-refractivity contribution in [3.05, 3.63) is 5.69 Å². The van der Waals surface area contributed by atoms with Crippen LogP contribution in [-0.4, -0.2) is 66.6 Å². The molecule has 128 valence electrons. The topological polar surface area (TPSA) is 90.5 Å². The highest BCUT2D eigenvalue weighted by Gasteiger charge is 2.36. The van der Waals surface area contributed by atoms with Gasteiger partial charge in [-0.15, -0.1) is 0 Å². The summed E-state index contributed by atoms with van der Waals surface area (Å²) in [6.45, 7) is 7.22. The van der Waals surface area contributed by atoms with Gasteiger partial charge in [-0.05, 0) is 12.8 Å². The monoisotopic (exact) mass is 330 g/mol. The van der Waals surface area contributed by atoms with E-state index in [1.54, 1.807) is 12.7 Å². The zero-order chi connectivity index (χ0) is 17.6. The van der Waals surface area contributed by atoms with Gasteiger partial charge in [0.2, 0.25) is 19.7 Å². The van der Waals surface area contributed by atoms with Crippen LogP contribution in [0.15, 0.2) is 0 Å². The predicted octanol–water partition coefficient (Wildman–Crippen LogP) is 0.0471. The number of hydrogen-bond donors (Lipinski definition) is 2. The van der Waals surface area contributed by atoms with Crippen molar-refractivity contribution >= 4 is 37.0 Å². The van der Waals surface area contributed by atoms with Gasteiger partial charge in [-0.25, -0.2) is 4.98 Å². The number of rotatable bonds is 3. The van der Waals surface area contributed by atoms with Crippen LogP contribution in [0.3, 0.4) is 0 Å². The molecule has 1 aromatic heterocycles. The minimum Gasteiger partial charge on any atom is -0.348 e. The van der Waals surface area contributed by atoms with E-state index in [9.17, 15) is 9.59 Å². The van der Waals surface area contributed by atoms with Crippen molar-refractivity contribution in [3.63, 3.8) is 0 Å². The number of carbonyl (C=O) groups is 2. The zero-order valence-corrected chi connectivity index (χ0v) is 14.8. The molecule has 3 heterocycles. The van der Waals surface area contributed by atoms with Crippen LogP contribution in [0, 0.1) is 12.8 Å². The Morgan fingerprint density at radius 3 is 2.62 bits per heavy atom. The first-order chi connectivity index (χ1) is 11.3. The lowest BCUT2D eigenvalue weighted by Crippen LogP contribution is -2.57. The number of hydrogen-bond acceptors (Lipinski definition) is 6. The number of anilines is 3. The van der Waals surface area contributed by atoms with Crippen LogP contribution in [0.1, 0.15) is 19.5 Å². The van der Waals surface area contributed by atoms with Crippen LogP contribution in [0.5, 0.6) is 0 Å². The highest BCUT2D eigenvalue weighted by Crippen LogP contribution is 2.34. The van der Waals surface area contributed by atoms with Gasteiger partial charge in [0, 0.05) is 20.1 Å². The standard InChI is InChI=1S/C15H23BN6O2/c1-7(2)11-13(23)19-10-8(3)17-15(20-12(10)21(11)4)18-9-5-22(6-9)14(16)24/h7,9,11H,5-6,16H2,1-4H3,(H,19,23)(H,17,18,20). The Kier molecular flexibility index (Phi) is 4.10. The Hall–Kier alpha value is -2.32. The number of nitrogens with one attached hydrogen (secondary N) is 2. The summed E-state index contributed by atoms with van der Waals surface area (Å²) in [5, 5.41) is 6.21. The van der Waals surface area contributed by atoms with E-state index in [0.29, 0.717) is 24.7 Å². The Labute approximate surface area is 142 Å². The van der Waals surface area contributed by atoms with E-state index in [0.717, 1.165) is 11.5 Å². The number of nitrogens with zero attached hydrogens (tertiary/aromatic N) is 4. The molecule has 2 aliphatic rings. The van der Waals surface area contributed by atoms with Gasteiger partial charge in [-0.2, -0.15) is 4.98 Å². The first-order valence-corrected chi connectivity index (χ1v) is 8.22. The van der Waals surface area contributed by atoms with Crippen molar-refractivity contribution in [1.82, 2.24) is 14.9 Å². The third-order valence-electron chi connectivity index (χ3n) is 4.63. The average Bonchev–Trinajstić information content (AvgIpc) is 2.43. The van der Waals surface area contributed by atoms with E-state index >= 15 is 0 Å². The third kappa shape index (κ3) is 2.78. The van der Waals surface area contributed by atoms with Crippen LogP contribution < -0.4 is 15.5 Å². The normalized spacial score (nSPS) is 20.5. The fourth-order valence-corrected chi connectivity index (χ4v) is 3.29. The van der Waals surface area contributed by atoms with Crippen molar-refractivity contribution in [2.75, 3.05) is 35.7 Å². The van der Waals surface area contributed by atoms with Crippen molar-refractivity contribution in [2.24, 2.45) is 5.92 Å². The minimum absolute atomic E-state index is 0.0245. The Balaban J connectivity index is 1.82. The molecule has 1 unspecified atom stereocenters. The van der Waals surface area contributed by atoms with Crippen LogP contribution in [0.25, 0.3) is 0 Å². The second-order valence-electron chi connectivity index (χ2n) is 6.89. The fraction of sp³-hybridized carbons (Fsp3) is 0.600. The molecule has 0 saturated carbocycles. The average molecular weight is 330 g/mol. The van der Waals surface area contributed by atoms with E-state index < -0.39 is 0 Å². The summed E-state index contributed by atoms with van der Waals surface area (Å²) >= 11 is 0. The molecule has 9 heteroatoms. The summed E-state index contributed by atoms with van der Waals surface area (Å²) in [5.41, 5.74) is 1.40. The maximum absolute atomic E-state index is 12.3. The number of likely N-dealkylation sites (N-methyl/N-ethyl adjacent to an activating group) is 1. The first-order valence-electron chi connectivity index (χ1n) is 8.22. The molecule has 1 atom stereocenters. The SMILES string of the molecule is BC(=O)N1CC(Nc2nc(C)c3c(n2)N(C)C(C(C)C)C(=O)N3)C1. The summed E-state index contributed by atoms with van der Waals surface area (Å²) in [6.07, 6.45) is 0. The van der Waals surface area contributed by atoms with Gasteiger partial charge >= 0.3 is 0 Å². The number of aromatic nitrogens is 2. The Morgan fingerprint density at radius 2 is 2.04 bits per heavy atom. The van der Waals surface area contributed by atoms with E-state index in [-0.39, 0.29) is 29.7 Å². The molecule has 1 fully saturated rings. The smallest absolute Gasteiger partial charge is 0.247 e. The van der Waals surface area contributed by atoms with Crippen molar-refractivity contribution in [3.8, 4) is 0 Å². The first kappa shape index (κ1) is 16.5. The molecule has 8 nitrogen and oxygen atoms in total. The van der Waals surface area contributed by atoms with E-state index in [2.05, 4.69) is 20.6 Å². The lowest BCUT2D eigenvalue weighted by molar-refractivity contribution is -0.118. The van der Waals surface area contributed by atoms with Crippen LogP contribution in [0.4, 0.5) is 22.2 Å². The number of amides is 2. The zero-order valence-electron chi connectivity index (χ0n) is 14.8. The molecular weight excluding hydrogens is 307 g/mol. The largest absolute Gasteiger partial charge is 0.348 e. The molecule has 1 aromatic rings. The molecule has 2 amide bonds. The molecular formula is C15H23BN6O2. The van der Waals surface area contributed by atoms with Gasteiger partial charge in [-0.3, -0.25) is 9.59 Å². The maximum Gasteiger partial charge on any atom is 0.247 e. The third-order valence-corrected chi connectivity index (χ3v) is 4.63. The molecule has 0 spiro atoms. The molecule has 24 heavy (non-hydrogen) atoms. The van der Waals surface area contributed by atoms with Gasteiger partial charge < -0.3 is 20.4 Å². The highest BCUT2D eigenvalue weighted by atomic mass is 16.2. The summed E-state index contributed by atoms with van der Waals surface area (Å²) < 4.78 is 0. The molecule has 0 aromatic carbocycles. The number of likely N-dealkylation sites (tertiary alicyclic amines) is 1.